The van der Waals surface area contributed by atoms with E-state index < -0.39 is 0 Å². The molecule has 3 rings (SSSR count). The number of nitrogens with zero attached hydrogens (tertiary/aromatic N) is 3. The second kappa shape index (κ2) is 5.17. The molecular formula is C14H20N4O. The minimum absolute atomic E-state index is 0.371. The summed E-state index contributed by atoms with van der Waals surface area (Å²) in [6, 6.07) is 2.50. The zero-order valence-electron chi connectivity index (χ0n) is 11.5. The van der Waals surface area contributed by atoms with E-state index in [1.54, 1.807) is 0 Å². The average Bonchev–Trinajstić information content (AvgIpc) is 2.97. The molecule has 0 spiro atoms. The largest absolute Gasteiger partial charge is 0.345 e. The Balaban J connectivity index is 1.65. The highest BCUT2D eigenvalue weighted by Crippen LogP contribution is 2.38. The van der Waals surface area contributed by atoms with Gasteiger partial charge >= 0.3 is 0 Å². The predicted octanol–water partition coefficient (Wildman–Crippen LogP) is 2.47. The quantitative estimate of drug-likeness (QED) is 0.867. The first-order valence-electron chi connectivity index (χ1n) is 6.97. The Bertz CT molecular complexity index is 541. The maximum absolute atomic E-state index is 5.29. The van der Waals surface area contributed by atoms with E-state index in [2.05, 4.69) is 52.3 Å². The maximum atomic E-state index is 5.29. The van der Waals surface area contributed by atoms with Crippen molar-refractivity contribution in [1.82, 2.24) is 20.0 Å². The van der Waals surface area contributed by atoms with Crippen LogP contribution in [0.15, 0.2) is 23.0 Å². The highest BCUT2D eigenvalue weighted by Gasteiger charge is 2.28. The van der Waals surface area contributed by atoms with E-state index >= 15 is 0 Å². The Kier molecular flexibility index (Phi) is 3.38. The molecule has 1 atom stereocenters. The second-order valence-corrected chi connectivity index (χ2v) is 5.22. The van der Waals surface area contributed by atoms with E-state index in [0.717, 1.165) is 12.4 Å². The van der Waals surface area contributed by atoms with Gasteiger partial charge in [-0.15, -0.1) is 0 Å². The van der Waals surface area contributed by atoms with E-state index in [1.807, 2.05) is 0 Å². The van der Waals surface area contributed by atoms with Gasteiger partial charge in [0.2, 0.25) is 5.89 Å². The molecule has 0 aliphatic heterocycles. The Hall–Kier alpha value is -1.62. The van der Waals surface area contributed by atoms with Gasteiger partial charge in [0, 0.05) is 24.4 Å². The summed E-state index contributed by atoms with van der Waals surface area (Å²) < 4.78 is 7.38. The molecule has 0 saturated heterocycles. The first-order chi connectivity index (χ1) is 9.26. The Morgan fingerprint density at radius 2 is 2.37 bits per heavy atom. The van der Waals surface area contributed by atoms with Crippen LogP contribution in [0.1, 0.15) is 55.9 Å². The van der Waals surface area contributed by atoms with Crippen LogP contribution in [-0.2, 0) is 6.54 Å². The van der Waals surface area contributed by atoms with Gasteiger partial charge in [0.05, 0.1) is 0 Å². The summed E-state index contributed by atoms with van der Waals surface area (Å²) in [7, 11) is 0. The molecule has 5 nitrogen and oxygen atoms in total. The van der Waals surface area contributed by atoms with Gasteiger partial charge in [-0.25, -0.2) is 0 Å². The smallest absolute Gasteiger partial charge is 0.246 e. The van der Waals surface area contributed by atoms with E-state index in [9.17, 15) is 0 Å². The Morgan fingerprint density at radius 3 is 3.11 bits per heavy atom. The van der Waals surface area contributed by atoms with Crippen LogP contribution in [0.25, 0.3) is 0 Å². The summed E-state index contributed by atoms with van der Waals surface area (Å²) in [5.41, 5.74) is 1.28. The molecule has 2 heterocycles. The second-order valence-electron chi connectivity index (χ2n) is 5.22. The fourth-order valence-electron chi connectivity index (χ4n) is 2.23. The molecule has 1 aliphatic rings. The fourth-order valence-corrected chi connectivity index (χ4v) is 2.23. The van der Waals surface area contributed by atoms with Crippen molar-refractivity contribution in [2.75, 3.05) is 6.54 Å². The van der Waals surface area contributed by atoms with Gasteiger partial charge in [0.15, 0.2) is 5.82 Å². The van der Waals surface area contributed by atoms with Crippen LogP contribution in [0.2, 0.25) is 0 Å². The minimum atomic E-state index is 0.371. The lowest BCUT2D eigenvalue weighted by Crippen LogP contribution is -2.17. The number of hydrogen-bond acceptors (Lipinski definition) is 4. The summed E-state index contributed by atoms with van der Waals surface area (Å²) in [6.07, 6.45) is 6.60. The lowest BCUT2D eigenvalue weighted by molar-refractivity contribution is 0.366. The third-order valence-electron chi connectivity index (χ3n) is 3.53. The van der Waals surface area contributed by atoms with Crippen molar-refractivity contribution in [3.8, 4) is 0 Å². The number of nitrogens with one attached hydrogen (secondary N) is 1. The van der Waals surface area contributed by atoms with Gasteiger partial charge in [-0.1, -0.05) is 12.1 Å². The molecule has 0 aromatic carbocycles. The minimum Gasteiger partial charge on any atom is -0.345 e. The monoisotopic (exact) mass is 260 g/mol. The van der Waals surface area contributed by atoms with E-state index in [1.165, 1.54) is 18.4 Å². The van der Waals surface area contributed by atoms with Gasteiger partial charge in [-0.05, 0) is 37.9 Å². The van der Waals surface area contributed by atoms with Crippen molar-refractivity contribution < 1.29 is 4.52 Å². The predicted molar refractivity (Wildman–Crippen MR) is 71.9 cm³/mol. The molecule has 2 aromatic rings. The standard InChI is InChI=1S/C14H20N4O/c1-3-15-10(2)12-6-7-18(8-12)9-13-16-14(17-19-13)11-4-5-11/h6-8,10-11,15H,3-5,9H2,1-2H3. The van der Waals surface area contributed by atoms with Crippen LogP contribution in [0.4, 0.5) is 0 Å². The lowest BCUT2D eigenvalue weighted by Gasteiger charge is -2.09. The molecular weight excluding hydrogens is 240 g/mol. The van der Waals surface area contributed by atoms with Crippen molar-refractivity contribution in [3.63, 3.8) is 0 Å². The summed E-state index contributed by atoms with van der Waals surface area (Å²) >= 11 is 0. The van der Waals surface area contributed by atoms with Crippen molar-refractivity contribution in [2.24, 2.45) is 0 Å². The highest BCUT2D eigenvalue weighted by atomic mass is 16.5. The van der Waals surface area contributed by atoms with Gasteiger partial charge < -0.3 is 14.4 Å². The molecule has 0 radical (unpaired) electrons. The van der Waals surface area contributed by atoms with Crippen LogP contribution >= 0.6 is 0 Å². The normalized spacial score (nSPS) is 16.7. The lowest BCUT2D eigenvalue weighted by atomic mass is 10.2. The SMILES string of the molecule is CCNC(C)c1ccn(Cc2nc(C3CC3)no2)c1. The molecule has 102 valence electrons. The number of rotatable bonds is 6. The molecule has 1 aliphatic carbocycles. The van der Waals surface area contributed by atoms with Gasteiger partial charge in [0.25, 0.3) is 0 Å². The first kappa shape index (κ1) is 12.4. The van der Waals surface area contributed by atoms with Crippen molar-refractivity contribution in [2.45, 2.75) is 45.2 Å². The molecule has 1 unspecified atom stereocenters. The Morgan fingerprint density at radius 1 is 1.53 bits per heavy atom. The van der Waals surface area contributed by atoms with Crippen molar-refractivity contribution in [3.05, 3.63) is 35.7 Å². The zero-order valence-corrected chi connectivity index (χ0v) is 11.5. The van der Waals surface area contributed by atoms with Gasteiger partial charge in [-0.3, -0.25) is 0 Å². The zero-order chi connectivity index (χ0) is 13.2. The maximum Gasteiger partial charge on any atom is 0.246 e. The Labute approximate surface area is 113 Å². The van der Waals surface area contributed by atoms with E-state index in [0.29, 0.717) is 24.4 Å². The summed E-state index contributed by atoms with van der Waals surface area (Å²) in [5.74, 6) is 2.12. The third-order valence-corrected chi connectivity index (χ3v) is 3.53. The molecule has 1 fully saturated rings. The molecule has 0 amide bonds. The molecule has 1 saturated carbocycles. The molecule has 5 heteroatoms. The molecule has 1 N–H and O–H groups in total. The number of hydrogen-bond donors (Lipinski definition) is 1. The van der Waals surface area contributed by atoms with Crippen molar-refractivity contribution >= 4 is 0 Å². The van der Waals surface area contributed by atoms with Crippen LogP contribution in [-0.4, -0.2) is 21.3 Å². The van der Waals surface area contributed by atoms with Crippen LogP contribution in [0.3, 0.4) is 0 Å². The first-order valence-corrected chi connectivity index (χ1v) is 6.97. The van der Waals surface area contributed by atoms with Crippen LogP contribution in [0.5, 0.6) is 0 Å². The summed E-state index contributed by atoms with van der Waals surface area (Å²) in [4.78, 5) is 4.44. The van der Waals surface area contributed by atoms with Crippen LogP contribution < -0.4 is 5.32 Å². The highest BCUT2D eigenvalue weighted by molar-refractivity contribution is 5.15. The van der Waals surface area contributed by atoms with Crippen LogP contribution in [0, 0.1) is 0 Å². The fraction of sp³-hybridized carbons (Fsp3) is 0.571. The van der Waals surface area contributed by atoms with E-state index in [-0.39, 0.29) is 0 Å². The topological polar surface area (TPSA) is 55.9 Å². The van der Waals surface area contributed by atoms with Gasteiger partial charge in [0.1, 0.15) is 6.54 Å². The summed E-state index contributed by atoms with van der Waals surface area (Å²) in [5, 5.41) is 7.44. The number of aromatic nitrogens is 3. The van der Waals surface area contributed by atoms with Crippen molar-refractivity contribution in [1.29, 1.82) is 0 Å². The molecule has 19 heavy (non-hydrogen) atoms. The average molecular weight is 260 g/mol. The summed E-state index contributed by atoms with van der Waals surface area (Å²) in [6.45, 7) is 5.91. The van der Waals surface area contributed by atoms with Gasteiger partial charge in [-0.2, -0.15) is 4.98 Å². The molecule has 0 bridgehead atoms. The third kappa shape index (κ3) is 2.87. The van der Waals surface area contributed by atoms with E-state index in [4.69, 9.17) is 4.52 Å². The molecule has 2 aromatic heterocycles.